The number of aromatic hydroxyl groups is 1. The molecule has 0 heterocycles. The van der Waals surface area contributed by atoms with Crippen molar-refractivity contribution in [2.45, 2.75) is 43.9 Å². The fourth-order valence-electron chi connectivity index (χ4n) is 3.54. The van der Waals surface area contributed by atoms with Crippen LogP contribution < -0.4 is 4.74 Å². The first-order chi connectivity index (χ1) is 13.0. The van der Waals surface area contributed by atoms with Crippen LogP contribution in [0.5, 0.6) is 11.5 Å². The number of amides is 1. The van der Waals surface area contributed by atoms with Crippen LogP contribution in [0.4, 0.5) is 0 Å². The predicted octanol–water partition coefficient (Wildman–Crippen LogP) is 3.98. The maximum atomic E-state index is 12.9. The summed E-state index contributed by atoms with van der Waals surface area (Å²) in [5.74, 6) is 0.300. The number of phenols is 1. The van der Waals surface area contributed by atoms with Crippen LogP contribution in [0.2, 0.25) is 0 Å². The van der Waals surface area contributed by atoms with Gasteiger partial charge in [-0.1, -0.05) is 30.7 Å². The van der Waals surface area contributed by atoms with Crippen LogP contribution >= 0.6 is 15.9 Å². The van der Waals surface area contributed by atoms with E-state index in [1.165, 1.54) is 4.90 Å². The van der Waals surface area contributed by atoms with Gasteiger partial charge in [0.15, 0.2) is 0 Å². The summed E-state index contributed by atoms with van der Waals surface area (Å²) in [6.45, 7) is 0. The van der Waals surface area contributed by atoms with E-state index in [0.717, 1.165) is 19.3 Å². The highest BCUT2D eigenvalue weighted by molar-refractivity contribution is 9.10. The van der Waals surface area contributed by atoms with E-state index in [9.17, 15) is 15.0 Å². The molecule has 1 fully saturated rings. The number of aliphatic hydroxyl groups is 1. The predicted molar refractivity (Wildman–Crippen MR) is 107 cm³/mol. The molecule has 3 rings (SSSR count). The third-order valence-corrected chi connectivity index (χ3v) is 5.72. The largest absolute Gasteiger partial charge is 0.506 e. The van der Waals surface area contributed by atoms with Crippen molar-refractivity contribution in [2.75, 3.05) is 7.05 Å². The Morgan fingerprint density at radius 1 is 1.11 bits per heavy atom. The van der Waals surface area contributed by atoms with Crippen molar-refractivity contribution in [3.8, 4) is 11.5 Å². The Hall–Kier alpha value is -2.05. The molecule has 0 aromatic heterocycles. The Morgan fingerprint density at radius 3 is 2.56 bits per heavy atom. The summed E-state index contributed by atoms with van der Waals surface area (Å²) in [6.07, 6.45) is 2.05. The van der Waals surface area contributed by atoms with E-state index in [2.05, 4.69) is 15.9 Å². The standard InChI is InChI=1S/C21H24BrNO4/c1-23(21(26)15-10-7-11-16(22)19(15)24)17-12-5-6-13-18(20(17)25)27-14-8-3-2-4-9-14/h2-4,7-11,17-18,20,24-25H,5-6,12-13H2,1H3/t17-,18-,20-/m1/s1. The van der Waals surface area contributed by atoms with Crippen molar-refractivity contribution in [3.63, 3.8) is 0 Å². The number of hydrogen-bond donors (Lipinski definition) is 2. The summed E-state index contributed by atoms with van der Waals surface area (Å²) >= 11 is 3.24. The topological polar surface area (TPSA) is 70.0 Å². The normalized spacial score (nSPS) is 22.7. The number of carbonyl (C=O) groups is 1. The second kappa shape index (κ2) is 8.76. The zero-order chi connectivity index (χ0) is 19.4. The molecule has 2 aromatic carbocycles. The highest BCUT2D eigenvalue weighted by Gasteiger charge is 2.36. The van der Waals surface area contributed by atoms with Crippen LogP contribution in [0.25, 0.3) is 0 Å². The monoisotopic (exact) mass is 433 g/mol. The maximum absolute atomic E-state index is 12.9. The number of benzene rings is 2. The molecule has 0 aliphatic heterocycles. The minimum atomic E-state index is -0.809. The summed E-state index contributed by atoms with van der Waals surface area (Å²) in [7, 11) is 1.67. The van der Waals surface area contributed by atoms with Gasteiger partial charge in [0, 0.05) is 7.05 Å². The van der Waals surface area contributed by atoms with Crippen molar-refractivity contribution in [1.82, 2.24) is 4.90 Å². The van der Waals surface area contributed by atoms with Gasteiger partial charge in [-0.05, 0) is 59.5 Å². The van der Waals surface area contributed by atoms with Gasteiger partial charge in [0.05, 0.1) is 16.1 Å². The lowest BCUT2D eigenvalue weighted by molar-refractivity contribution is -0.0143. The number of ether oxygens (including phenoxy) is 1. The van der Waals surface area contributed by atoms with Gasteiger partial charge in [-0.2, -0.15) is 0 Å². The van der Waals surface area contributed by atoms with Gasteiger partial charge in [-0.15, -0.1) is 0 Å². The second-order valence-electron chi connectivity index (χ2n) is 6.86. The molecule has 0 spiro atoms. The van der Waals surface area contributed by atoms with Gasteiger partial charge in [-0.3, -0.25) is 4.79 Å². The molecule has 1 aliphatic rings. The Kier molecular flexibility index (Phi) is 6.39. The fourth-order valence-corrected chi connectivity index (χ4v) is 3.91. The van der Waals surface area contributed by atoms with E-state index in [1.54, 1.807) is 25.2 Å². The molecule has 27 heavy (non-hydrogen) atoms. The van der Waals surface area contributed by atoms with E-state index in [-0.39, 0.29) is 29.4 Å². The lowest BCUT2D eigenvalue weighted by atomic mass is 10.0. The molecular weight excluding hydrogens is 410 g/mol. The van der Waals surface area contributed by atoms with Crippen LogP contribution in [-0.4, -0.2) is 46.3 Å². The van der Waals surface area contributed by atoms with Crippen LogP contribution in [0, 0.1) is 0 Å². The first-order valence-electron chi connectivity index (χ1n) is 9.13. The number of aliphatic hydroxyl groups excluding tert-OH is 1. The number of nitrogens with zero attached hydrogens (tertiary/aromatic N) is 1. The lowest BCUT2D eigenvalue weighted by Gasteiger charge is -2.34. The number of likely N-dealkylation sites (N-methyl/N-ethyl adjacent to an activating group) is 1. The van der Waals surface area contributed by atoms with E-state index >= 15 is 0 Å². The zero-order valence-electron chi connectivity index (χ0n) is 15.2. The third kappa shape index (κ3) is 4.45. The van der Waals surface area contributed by atoms with E-state index < -0.39 is 6.10 Å². The smallest absolute Gasteiger partial charge is 0.257 e. The van der Waals surface area contributed by atoms with Crippen LogP contribution in [0.3, 0.4) is 0 Å². The number of rotatable bonds is 4. The summed E-state index contributed by atoms with van der Waals surface area (Å²) in [5.41, 5.74) is 0.212. The summed E-state index contributed by atoms with van der Waals surface area (Å²) in [6, 6.07) is 14.0. The molecule has 0 saturated heterocycles. The molecule has 5 nitrogen and oxygen atoms in total. The molecule has 1 saturated carbocycles. The molecule has 0 bridgehead atoms. The minimum absolute atomic E-state index is 0.0884. The fraction of sp³-hybridized carbons (Fsp3) is 0.381. The van der Waals surface area contributed by atoms with Crippen molar-refractivity contribution >= 4 is 21.8 Å². The molecule has 3 atom stereocenters. The SMILES string of the molecule is CN(C(=O)c1cccc(Br)c1O)[C@@H]1CCCC[C@@H](Oc2ccccc2)[C@@H]1O. The number of phenolic OH excluding ortho intramolecular Hbond substituents is 1. The highest BCUT2D eigenvalue weighted by atomic mass is 79.9. The third-order valence-electron chi connectivity index (χ3n) is 5.08. The molecule has 144 valence electrons. The minimum Gasteiger partial charge on any atom is -0.506 e. The van der Waals surface area contributed by atoms with Crippen LogP contribution in [-0.2, 0) is 0 Å². The molecule has 2 aromatic rings. The van der Waals surface area contributed by atoms with Gasteiger partial charge in [-0.25, -0.2) is 0 Å². The summed E-state index contributed by atoms with van der Waals surface area (Å²) < 4.78 is 6.48. The molecule has 1 aliphatic carbocycles. The highest BCUT2D eigenvalue weighted by Crippen LogP contribution is 2.31. The van der Waals surface area contributed by atoms with Gasteiger partial charge >= 0.3 is 0 Å². The maximum Gasteiger partial charge on any atom is 0.257 e. The number of para-hydroxylation sites is 2. The van der Waals surface area contributed by atoms with Gasteiger partial charge in [0.1, 0.15) is 23.7 Å². The van der Waals surface area contributed by atoms with Gasteiger partial charge < -0.3 is 19.8 Å². The van der Waals surface area contributed by atoms with Crippen molar-refractivity contribution in [3.05, 3.63) is 58.6 Å². The van der Waals surface area contributed by atoms with E-state index in [4.69, 9.17) is 4.74 Å². The summed E-state index contributed by atoms with van der Waals surface area (Å²) in [5, 5.41) is 21.2. The van der Waals surface area contributed by atoms with Gasteiger partial charge in [0.2, 0.25) is 0 Å². The Balaban J connectivity index is 1.79. The lowest BCUT2D eigenvalue weighted by Crippen LogP contribution is -2.50. The number of carbonyl (C=O) groups excluding carboxylic acids is 1. The van der Waals surface area contributed by atoms with Crippen molar-refractivity contribution in [1.29, 1.82) is 0 Å². The quantitative estimate of drug-likeness (QED) is 0.715. The van der Waals surface area contributed by atoms with Crippen LogP contribution in [0.1, 0.15) is 36.0 Å². The Bertz CT molecular complexity index is 783. The molecule has 2 N–H and O–H groups in total. The molecule has 1 amide bonds. The zero-order valence-corrected chi connectivity index (χ0v) is 16.8. The molecular formula is C21H24BrNO4. The van der Waals surface area contributed by atoms with Crippen molar-refractivity contribution < 1.29 is 19.7 Å². The summed E-state index contributed by atoms with van der Waals surface area (Å²) in [4.78, 5) is 14.5. The second-order valence-corrected chi connectivity index (χ2v) is 7.72. The Labute approximate surface area is 167 Å². The molecule has 0 radical (unpaired) electrons. The first-order valence-corrected chi connectivity index (χ1v) is 9.92. The van der Waals surface area contributed by atoms with E-state index in [1.807, 2.05) is 30.3 Å². The number of halogens is 1. The molecule has 0 unspecified atom stereocenters. The number of hydrogen-bond acceptors (Lipinski definition) is 4. The van der Waals surface area contributed by atoms with Crippen molar-refractivity contribution in [2.24, 2.45) is 0 Å². The average Bonchev–Trinajstić information content (AvgIpc) is 2.85. The van der Waals surface area contributed by atoms with Gasteiger partial charge in [0.25, 0.3) is 5.91 Å². The Morgan fingerprint density at radius 2 is 1.81 bits per heavy atom. The molecule has 6 heteroatoms. The van der Waals surface area contributed by atoms with Crippen LogP contribution in [0.15, 0.2) is 53.0 Å². The van der Waals surface area contributed by atoms with E-state index in [0.29, 0.717) is 16.6 Å². The first kappa shape index (κ1) is 19.7. The average molecular weight is 434 g/mol.